The number of hydrogen-bond donors (Lipinski definition) is 2. The molecule has 0 saturated carbocycles. The van der Waals surface area contributed by atoms with Gasteiger partial charge >= 0.3 is 6.01 Å². The molecule has 2 aliphatic heterocycles. The van der Waals surface area contributed by atoms with Gasteiger partial charge in [0.15, 0.2) is 16.9 Å². The summed E-state index contributed by atoms with van der Waals surface area (Å²) in [5.74, 6) is 1.70. The molecule has 5 aromatic rings. The first-order valence-corrected chi connectivity index (χ1v) is 18.0. The summed E-state index contributed by atoms with van der Waals surface area (Å²) >= 11 is -2.10. The summed E-state index contributed by atoms with van der Waals surface area (Å²) in [7, 11) is 1.83. The Morgan fingerprint density at radius 2 is 1.78 bits per heavy atom. The number of ether oxygens (including phenoxy) is 1. The number of rotatable bonds is 8. The van der Waals surface area contributed by atoms with Gasteiger partial charge in [-0.05, 0) is 42.5 Å². The minimum atomic E-state index is -2.10. The van der Waals surface area contributed by atoms with Crippen molar-refractivity contribution >= 4 is 44.3 Å². The van der Waals surface area contributed by atoms with Crippen molar-refractivity contribution in [3.05, 3.63) is 78.0 Å². The fourth-order valence-electron chi connectivity index (χ4n) is 6.41. The van der Waals surface area contributed by atoms with Gasteiger partial charge in [0.25, 0.3) is 0 Å². The summed E-state index contributed by atoms with van der Waals surface area (Å²) in [6.07, 6.45) is 9.36. The van der Waals surface area contributed by atoms with E-state index >= 15 is 4.39 Å². The number of fused-ring (bicyclic) bond motifs is 4. The third-order valence-corrected chi connectivity index (χ3v) is 9.33. The van der Waals surface area contributed by atoms with E-state index in [2.05, 4.69) is 26.1 Å². The second-order valence-corrected chi connectivity index (χ2v) is 12.5. The molecule has 2 bridgehead atoms. The highest BCUT2D eigenvalue weighted by Gasteiger charge is 2.34. The van der Waals surface area contributed by atoms with E-state index in [1.165, 1.54) is 6.07 Å². The Bertz CT molecular complexity index is 2040. The zero-order valence-corrected chi connectivity index (χ0v) is 29.7. The van der Waals surface area contributed by atoms with Gasteiger partial charge in [0, 0.05) is 55.1 Å². The lowest BCUT2D eigenvalue weighted by Gasteiger charge is -2.34. The number of pyridine rings is 1. The number of likely N-dealkylation sites (N-methyl/N-ethyl adjacent to an activating group) is 1. The summed E-state index contributed by atoms with van der Waals surface area (Å²) in [4.78, 5) is 18.1. The van der Waals surface area contributed by atoms with Crippen molar-refractivity contribution in [2.75, 3.05) is 43.1 Å². The quantitative estimate of drug-likeness (QED) is 0.129. The lowest BCUT2D eigenvalue weighted by atomic mass is 9.96. The van der Waals surface area contributed by atoms with E-state index in [0.717, 1.165) is 18.5 Å². The van der Waals surface area contributed by atoms with Crippen LogP contribution >= 0.6 is 0 Å². The minimum Gasteiger partial charge on any atom is -0.462 e. The molecule has 12 heteroatoms. The summed E-state index contributed by atoms with van der Waals surface area (Å²) < 4.78 is 58.4. The Balaban J connectivity index is 0.00000117. The van der Waals surface area contributed by atoms with Crippen LogP contribution in [-0.4, -0.2) is 69.1 Å². The van der Waals surface area contributed by atoms with E-state index in [9.17, 15) is 13.2 Å². The van der Waals surface area contributed by atoms with Crippen LogP contribution in [0.25, 0.3) is 32.9 Å². The van der Waals surface area contributed by atoms with Crippen LogP contribution < -0.4 is 19.9 Å². The van der Waals surface area contributed by atoms with Gasteiger partial charge in [0.1, 0.15) is 29.5 Å². The predicted molar refractivity (Wildman–Crippen MR) is 197 cm³/mol. The molecule has 3 unspecified atom stereocenters. The van der Waals surface area contributed by atoms with Crippen molar-refractivity contribution in [2.45, 2.75) is 57.5 Å². The average molecular weight is 701 g/mol. The standard InChI is InChI=1S/C34H30F2N6O3S.2C2H6/c1-3-25-28(35)13-10-20-6-4-9-26(29(20)25)31-30(36)32-27(17-37-31)33(42-18-21-11-12-22(19-42)38-21)40-34(39-32)45-15-14-41(2)23-7-5-8-24(16-23)46(43)44;2*1-2/h1,4-10,13,16-17,21-22,38H,11-12,14-15,18-19H2,2H3,(H,43,44);2*1-2H3. The highest BCUT2D eigenvalue weighted by Crippen LogP contribution is 2.37. The van der Waals surface area contributed by atoms with Gasteiger partial charge in [-0.15, -0.1) is 6.42 Å². The number of aromatic nitrogens is 3. The number of hydrogen-bond acceptors (Lipinski definition) is 8. The first-order chi connectivity index (χ1) is 24.3. The fraction of sp³-hybridized carbons (Fsp3) is 0.342. The normalized spacial score (nSPS) is 16.9. The Morgan fingerprint density at radius 1 is 1.06 bits per heavy atom. The molecule has 2 saturated heterocycles. The van der Waals surface area contributed by atoms with Crippen molar-refractivity contribution in [2.24, 2.45) is 0 Å². The van der Waals surface area contributed by atoms with Gasteiger partial charge in [0.05, 0.1) is 22.4 Å². The molecule has 4 heterocycles. The first-order valence-electron chi connectivity index (χ1n) is 16.9. The molecule has 0 aliphatic carbocycles. The highest BCUT2D eigenvalue weighted by molar-refractivity contribution is 7.79. The lowest BCUT2D eigenvalue weighted by molar-refractivity contribution is 0.301. The minimum absolute atomic E-state index is 0.00272. The van der Waals surface area contributed by atoms with Crippen LogP contribution in [0.5, 0.6) is 6.01 Å². The fourth-order valence-corrected chi connectivity index (χ4v) is 6.83. The second kappa shape index (κ2) is 16.3. The maximum absolute atomic E-state index is 16.6. The topological polar surface area (TPSA) is 104 Å². The van der Waals surface area contributed by atoms with E-state index in [1.54, 1.807) is 48.7 Å². The second-order valence-electron chi connectivity index (χ2n) is 11.5. The molecule has 262 valence electrons. The van der Waals surface area contributed by atoms with Crippen LogP contribution in [0.4, 0.5) is 20.3 Å². The molecule has 0 amide bonds. The lowest BCUT2D eigenvalue weighted by Crippen LogP contribution is -2.51. The van der Waals surface area contributed by atoms with Crippen LogP contribution in [0.15, 0.2) is 65.7 Å². The summed E-state index contributed by atoms with van der Waals surface area (Å²) in [6, 6.07) is 15.5. The molecule has 3 atom stereocenters. The van der Waals surface area contributed by atoms with Crippen LogP contribution in [0.3, 0.4) is 0 Å². The van der Waals surface area contributed by atoms with E-state index in [-0.39, 0.29) is 29.4 Å². The SMILES string of the molecule is C#Cc1c(F)ccc2cccc(-c3ncc4c(N5CC6CCC(C5)N6)nc(OCCN(C)c5cccc(S(=O)O)c5)nc4c3F)c12.CC.CC. The van der Waals surface area contributed by atoms with Crippen LogP contribution in [-0.2, 0) is 11.1 Å². The smallest absolute Gasteiger partial charge is 0.319 e. The van der Waals surface area contributed by atoms with E-state index in [1.807, 2.05) is 45.7 Å². The molecule has 50 heavy (non-hydrogen) atoms. The van der Waals surface area contributed by atoms with Gasteiger partial charge in [0.2, 0.25) is 0 Å². The third-order valence-electron chi connectivity index (χ3n) is 8.67. The Labute approximate surface area is 294 Å². The van der Waals surface area contributed by atoms with Crippen molar-refractivity contribution in [1.29, 1.82) is 0 Å². The van der Waals surface area contributed by atoms with E-state index < -0.39 is 22.7 Å². The van der Waals surface area contributed by atoms with Crippen molar-refractivity contribution in [1.82, 2.24) is 20.3 Å². The predicted octanol–water partition coefficient (Wildman–Crippen LogP) is 7.19. The maximum Gasteiger partial charge on any atom is 0.319 e. The number of nitrogens with one attached hydrogen (secondary N) is 1. The Kier molecular flexibility index (Phi) is 12.0. The largest absolute Gasteiger partial charge is 0.462 e. The molecular formula is C38H42F2N6O3S. The summed E-state index contributed by atoms with van der Waals surface area (Å²) in [5.41, 5.74) is 1.17. The van der Waals surface area contributed by atoms with Crippen LogP contribution in [0.2, 0.25) is 0 Å². The van der Waals surface area contributed by atoms with Gasteiger partial charge in [-0.1, -0.05) is 63.9 Å². The molecule has 7 rings (SSSR count). The van der Waals surface area contributed by atoms with E-state index in [4.69, 9.17) is 16.1 Å². The first kappa shape index (κ1) is 36.6. The molecule has 2 aliphatic rings. The average Bonchev–Trinajstić information content (AvgIpc) is 3.49. The Hall–Kier alpha value is -4.70. The zero-order valence-electron chi connectivity index (χ0n) is 28.9. The number of piperazine rings is 1. The highest BCUT2D eigenvalue weighted by atomic mass is 32.2. The van der Waals surface area contributed by atoms with Crippen LogP contribution in [0.1, 0.15) is 46.1 Å². The van der Waals surface area contributed by atoms with Crippen molar-refractivity contribution < 1.29 is 22.3 Å². The number of benzene rings is 3. The molecule has 2 aromatic heterocycles. The van der Waals surface area contributed by atoms with Gasteiger partial charge in [-0.25, -0.2) is 13.0 Å². The Morgan fingerprint density at radius 3 is 2.48 bits per heavy atom. The molecule has 0 spiro atoms. The number of halogens is 2. The summed E-state index contributed by atoms with van der Waals surface area (Å²) in [5, 5.41) is 5.12. The monoisotopic (exact) mass is 700 g/mol. The molecule has 9 nitrogen and oxygen atoms in total. The third kappa shape index (κ3) is 7.40. The van der Waals surface area contributed by atoms with Gasteiger partial charge in [-0.2, -0.15) is 9.97 Å². The molecule has 2 N–H and O–H groups in total. The van der Waals surface area contributed by atoms with Gasteiger partial charge < -0.3 is 24.4 Å². The van der Waals surface area contributed by atoms with Crippen molar-refractivity contribution in [3.8, 4) is 29.6 Å². The number of anilines is 2. The molecular weight excluding hydrogens is 659 g/mol. The molecule has 2 fully saturated rings. The summed E-state index contributed by atoms with van der Waals surface area (Å²) in [6.45, 7) is 9.96. The number of terminal acetylenes is 1. The van der Waals surface area contributed by atoms with Crippen LogP contribution in [0, 0.1) is 24.0 Å². The zero-order chi connectivity index (χ0) is 35.9. The molecule has 3 aromatic carbocycles. The van der Waals surface area contributed by atoms with Gasteiger partial charge in [-0.3, -0.25) is 4.98 Å². The van der Waals surface area contributed by atoms with Crippen molar-refractivity contribution in [3.63, 3.8) is 0 Å². The van der Waals surface area contributed by atoms with E-state index in [0.29, 0.717) is 64.2 Å². The number of nitrogens with zero attached hydrogens (tertiary/aromatic N) is 5. The maximum atomic E-state index is 16.6. The molecule has 0 radical (unpaired) electrons.